The van der Waals surface area contributed by atoms with Gasteiger partial charge in [0.05, 0.1) is 12.7 Å². The summed E-state index contributed by atoms with van der Waals surface area (Å²) in [6, 6.07) is -1.32. The molecule has 0 saturated heterocycles. The first-order valence-electron chi connectivity index (χ1n) is 5.94. The smallest absolute Gasteiger partial charge is 0.408 e. The highest BCUT2D eigenvalue weighted by Gasteiger charge is 2.40. The standard InChI is InChI=1S/C12H23NO6/c1-11(2,3)19-10(16)13-8(9(15)18-5)12(4,17)6-7-14/h8,14,17H,6-7H2,1-5H3,(H,13,16)/t8-,12-/m1/s1. The molecule has 0 rings (SSSR count). The Bertz CT molecular complexity index is 321. The Labute approximate surface area is 112 Å². The molecule has 0 spiro atoms. The second-order valence-corrected chi connectivity index (χ2v) is 5.43. The van der Waals surface area contributed by atoms with Crippen LogP contribution in [0.25, 0.3) is 0 Å². The topological polar surface area (TPSA) is 105 Å². The quantitative estimate of drug-likeness (QED) is 0.619. The number of rotatable bonds is 5. The number of nitrogens with one attached hydrogen (secondary N) is 1. The van der Waals surface area contributed by atoms with Crippen LogP contribution in [0.3, 0.4) is 0 Å². The Kier molecular flexibility index (Phi) is 6.24. The van der Waals surface area contributed by atoms with Crippen LogP contribution in [0.2, 0.25) is 0 Å². The van der Waals surface area contributed by atoms with Gasteiger partial charge in [-0.15, -0.1) is 0 Å². The Hall–Kier alpha value is -1.34. The van der Waals surface area contributed by atoms with Gasteiger partial charge >= 0.3 is 12.1 Å². The van der Waals surface area contributed by atoms with Crippen LogP contribution in [0.15, 0.2) is 0 Å². The van der Waals surface area contributed by atoms with Crippen molar-refractivity contribution < 1.29 is 29.3 Å². The maximum atomic E-state index is 11.6. The van der Waals surface area contributed by atoms with Crippen LogP contribution in [-0.4, -0.2) is 53.2 Å². The van der Waals surface area contributed by atoms with Crippen LogP contribution in [-0.2, 0) is 14.3 Å². The predicted octanol–water partition coefficient (Wildman–Crippen LogP) is 0.186. The zero-order valence-electron chi connectivity index (χ0n) is 12.0. The van der Waals surface area contributed by atoms with Gasteiger partial charge in [-0.25, -0.2) is 9.59 Å². The van der Waals surface area contributed by atoms with Crippen molar-refractivity contribution in [1.29, 1.82) is 0 Å². The van der Waals surface area contributed by atoms with Crippen molar-refractivity contribution in [1.82, 2.24) is 5.32 Å². The molecule has 0 aliphatic heterocycles. The van der Waals surface area contributed by atoms with Crippen molar-refractivity contribution in [2.75, 3.05) is 13.7 Å². The average Bonchev–Trinajstić information content (AvgIpc) is 2.22. The van der Waals surface area contributed by atoms with Crippen LogP contribution in [0, 0.1) is 0 Å². The van der Waals surface area contributed by atoms with Gasteiger partial charge in [0.25, 0.3) is 0 Å². The van der Waals surface area contributed by atoms with E-state index < -0.39 is 29.3 Å². The molecule has 1 amide bonds. The Morgan fingerprint density at radius 3 is 2.16 bits per heavy atom. The van der Waals surface area contributed by atoms with Crippen molar-refractivity contribution in [2.24, 2.45) is 0 Å². The van der Waals surface area contributed by atoms with E-state index in [9.17, 15) is 14.7 Å². The molecule has 0 unspecified atom stereocenters. The van der Waals surface area contributed by atoms with Crippen molar-refractivity contribution >= 4 is 12.1 Å². The van der Waals surface area contributed by atoms with E-state index in [-0.39, 0.29) is 13.0 Å². The molecule has 19 heavy (non-hydrogen) atoms. The number of hydrogen-bond acceptors (Lipinski definition) is 6. The molecule has 0 heterocycles. The summed E-state index contributed by atoms with van der Waals surface area (Å²) >= 11 is 0. The highest BCUT2D eigenvalue weighted by atomic mass is 16.6. The third-order valence-electron chi connectivity index (χ3n) is 2.34. The van der Waals surface area contributed by atoms with Crippen molar-refractivity contribution in [3.05, 3.63) is 0 Å². The first kappa shape index (κ1) is 17.7. The maximum absolute atomic E-state index is 11.6. The zero-order valence-corrected chi connectivity index (χ0v) is 12.0. The Morgan fingerprint density at radius 1 is 1.26 bits per heavy atom. The van der Waals surface area contributed by atoms with Crippen molar-refractivity contribution in [3.63, 3.8) is 0 Å². The van der Waals surface area contributed by atoms with Crippen molar-refractivity contribution in [2.45, 2.75) is 51.4 Å². The zero-order chi connectivity index (χ0) is 15.3. The Morgan fingerprint density at radius 2 is 1.79 bits per heavy atom. The van der Waals surface area contributed by atoms with Gasteiger partial charge in [0.1, 0.15) is 5.60 Å². The first-order valence-corrected chi connectivity index (χ1v) is 5.94. The molecule has 0 aromatic heterocycles. The number of aliphatic hydroxyl groups excluding tert-OH is 1. The predicted molar refractivity (Wildman–Crippen MR) is 67.5 cm³/mol. The number of aliphatic hydroxyl groups is 2. The second kappa shape index (κ2) is 6.72. The number of esters is 1. The van der Waals surface area contributed by atoms with Gasteiger partial charge in [0, 0.05) is 13.0 Å². The van der Waals surface area contributed by atoms with Crippen LogP contribution >= 0.6 is 0 Å². The summed E-state index contributed by atoms with van der Waals surface area (Å²) in [7, 11) is 1.14. The second-order valence-electron chi connectivity index (χ2n) is 5.43. The fourth-order valence-corrected chi connectivity index (χ4v) is 1.38. The van der Waals surface area contributed by atoms with Crippen LogP contribution in [0.1, 0.15) is 34.1 Å². The molecule has 0 aromatic carbocycles. The fourth-order valence-electron chi connectivity index (χ4n) is 1.38. The molecule has 7 heteroatoms. The molecule has 0 aliphatic rings. The number of alkyl carbamates (subject to hydrolysis) is 1. The molecule has 0 aromatic rings. The molecular formula is C12H23NO6. The number of ether oxygens (including phenoxy) is 2. The molecule has 0 saturated carbocycles. The van der Waals surface area contributed by atoms with Gasteiger partial charge in [-0.05, 0) is 27.7 Å². The van der Waals surface area contributed by atoms with E-state index in [2.05, 4.69) is 10.1 Å². The summed E-state index contributed by atoms with van der Waals surface area (Å²) in [4.78, 5) is 23.2. The van der Waals surface area contributed by atoms with E-state index in [0.29, 0.717) is 0 Å². The number of carbonyl (C=O) groups is 2. The van der Waals surface area contributed by atoms with E-state index >= 15 is 0 Å². The van der Waals surface area contributed by atoms with Crippen LogP contribution < -0.4 is 5.32 Å². The molecular weight excluding hydrogens is 254 g/mol. The summed E-state index contributed by atoms with van der Waals surface area (Å²) in [5.74, 6) is -0.815. The highest BCUT2D eigenvalue weighted by Crippen LogP contribution is 2.17. The molecule has 3 N–H and O–H groups in total. The third kappa shape index (κ3) is 6.40. The molecule has 0 radical (unpaired) electrons. The number of amides is 1. The first-order chi connectivity index (χ1) is 8.53. The monoisotopic (exact) mass is 277 g/mol. The molecule has 0 fully saturated rings. The minimum Gasteiger partial charge on any atom is -0.467 e. The Balaban J connectivity index is 4.89. The minimum atomic E-state index is -1.64. The SMILES string of the molecule is COC(=O)[C@@H](NC(=O)OC(C)(C)C)[C@](C)(O)CCO. The van der Waals surface area contributed by atoms with E-state index in [4.69, 9.17) is 9.84 Å². The molecule has 0 bridgehead atoms. The largest absolute Gasteiger partial charge is 0.467 e. The van der Waals surface area contributed by atoms with Gasteiger partial charge in [0.15, 0.2) is 6.04 Å². The van der Waals surface area contributed by atoms with Gasteiger partial charge in [-0.3, -0.25) is 0 Å². The summed E-state index contributed by atoms with van der Waals surface area (Å²) in [6.45, 7) is 6.00. The average molecular weight is 277 g/mol. The molecule has 7 nitrogen and oxygen atoms in total. The fraction of sp³-hybridized carbons (Fsp3) is 0.833. The number of carbonyl (C=O) groups excluding carboxylic acids is 2. The van der Waals surface area contributed by atoms with Crippen molar-refractivity contribution in [3.8, 4) is 0 Å². The van der Waals surface area contributed by atoms with E-state index in [0.717, 1.165) is 7.11 Å². The minimum absolute atomic E-state index is 0.0947. The summed E-state index contributed by atoms with van der Waals surface area (Å²) in [6.07, 6.45) is -0.941. The van der Waals surface area contributed by atoms with Crippen LogP contribution in [0.4, 0.5) is 4.79 Å². The lowest BCUT2D eigenvalue weighted by molar-refractivity contribution is -0.150. The lowest BCUT2D eigenvalue weighted by Crippen LogP contribution is -2.57. The summed E-state index contributed by atoms with van der Waals surface area (Å²) in [5, 5.41) is 21.2. The van der Waals surface area contributed by atoms with Gasteiger partial charge in [0.2, 0.25) is 0 Å². The van der Waals surface area contributed by atoms with E-state index in [1.54, 1.807) is 20.8 Å². The van der Waals surface area contributed by atoms with E-state index in [1.807, 2.05) is 0 Å². The van der Waals surface area contributed by atoms with Gasteiger partial charge in [-0.2, -0.15) is 0 Å². The molecule has 2 atom stereocenters. The summed E-state index contributed by atoms with van der Waals surface area (Å²) < 4.78 is 9.53. The lowest BCUT2D eigenvalue weighted by atomic mass is 9.93. The maximum Gasteiger partial charge on any atom is 0.408 e. The van der Waals surface area contributed by atoms with E-state index in [1.165, 1.54) is 6.92 Å². The number of methoxy groups -OCH3 is 1. The molecule has 112 valence electrons. The highest BCUT2D eigenvalue weighted by molar-refractivity contribution is 5.82. The van der Waals surface area contributed by atoms with Gasteiger partial charge in [-0.1, -0.05) is 0 Å². The lowest BCUT2D eigenvalue weighted by Gasteiger charge is -2.31. The summed E-state index contributed by atoms with van der Waals surface area (Å²) in [5.41, 5.74) is -2.37. The van der Waals surface area contributed by atoms with Gasteiger partial charge < -0.3 is 25.0 Å². The number of hydrogen-bond donors (Lipinski definition) is 3. The third-order valence-corrected chi connectivity index (χ3v) is 2.34. The normalized spacial score (nSPS) is 16.2. The van der Waals surface area contributed by atoms with Crippen LogP contribution in [0.5, 0.6) is 0 Å². The molecule has 0 aliphatic carbocycles.